The van der Waals surface area contributed by atoms with Crippen molar-refractivity contribution in [3.63, 3.8) is 0 Å². The van der Waals surface area contributed by atoms with Crippen LogP contribution in [-0.4, -0.2) is 5.78 Å². The van der Waals surface area contributed by atoms with Crippen molar-refractivity contribution in [1.29, 1.82) is 0 Å². The third-order valence-electron chi connectivity index (χ3n) is 2.74. The number of hydrogen-bond donors (Lipinski definition) is 0. The summed E-state index contributed by atoms with van der Waals surface area (Å²) in [6.07, 6.45) is 6.63. The summed E-state index contributed by atoms with van der Waals surface area (Å²) in [5.41, 5.74) is 1.73. The maximum Gasteiger partial charge on any atom is 0.164 e. The number of halogens is 1. The summed E-state index contributed by atoms with van der Waals surface area (Å²) in [5.74, 6) is 0.147. The largest absolute Gasteiger partial charge is 0.294 e. The van der Waals surface area contributed by atoms with Gasteiger partial charge in [0.15, 0.2) is 5.78 Å². The summed E-state index contributed by atoms with van der Waals surface area (Å²) < 4.78 is 0. The van der Waals surface area contributed by atoms with E-state index in [-0.39, 0.29) is 5.78 Å². The van der Waals surface area contributed by atoms with Gasteiger partial charge in [-0.25, -0.2) is 0 Å². The van der Waals surface area contributed by atoms with E-state index >= 15 is 0 Å². The molecule has 0 saturated carbocycles. The van der Waals surface area contributed by atoms with E-state index in [1.165, 1.54) is 0 Å². The molecule has 0 unspecified atom stereocenters. The minimum atomic E-state index is 0.147. The van der Waals surface area contributed by atoms with E-state index < -0.39 is 0 Å². The van der Waals surface area contributed by atoms with Crippen molar-refractivity contribution < 1.29 is 4.79 Å². The van der Waals surface area contributed by atoms with Gasteiger partial charge in [-0.1, -0.05) is 30.2 Å². The topological polar surface area (TPSA) is 17.1 Å². The number of aryl methyl sites for hydroxylation is 1. The Kier molecular flexibility index (Phi) is 5.99. The molecule has 0 aromatic heterocycles. The van der Waals surface area contributed by atoms with E-state index in [1.807, 2.05) is 31.2 Å². The van der Waals surface area contributed by atoms with Crippen LogP contribution in [0.25, 0.3) is 0 Å². The van der Waals surface area contributed by atoms with Gasteiger partial charge in [0, 0.05) is 12.0 Å². The number of allylic oxidation sites excluding steroid dienone is 1. The molecular weight excluding hydrogens is 232 g/mol. The molecule has 0 spiro atoms. The Hall–Kier alpha value is -1.08. The van der Waals surface area contributed by atoms with Crippen molar-refractivity contribution in [2.24, 2.45) is 0 Å². The summed E-state index contributed by atoms with van der Waals surface area (Å²) in [5, 5.41) is 0.570. The molecule has 0 amide bonds. The van der Waals surface area contributed by atoms with Crippen molar-refractivity contribution >= 4 is 17.4 Å². The van der Waals surface area contributed by atoms with Crippen molar-refractivity contribution in [2.75, 3.05) is 0 Å². The first-order chi connectivity index (χ1) is 8.15. The first-order valence-electron chi connectivity index (χ1n) is 6.05. The Balaban J connectivity index is 2.44. The van der Waals surface area contributed by atoms with Gasteiger partial charge in [0.1, 0.15) is 0 Å². The normalized spacial score (nSPS) is 10.2. The van der Waals surface area contributed by atoms with Gasteiger partial charge in [-0.05, 0) is 43.9 Å². The highest BCUT2D eigenvalue weighted by molar-refractivity contribution is 6.34. The highest BCUT2D eigenvalue weighted by atomic mass is 35.5. The molecule has 0 saturated heterocycles. The Bertz CT molecular complexity index is 396. The predicted octanol–water partition coefficient (Wildman–Crippen LogP) is 4.97. The zero-order valence-corrected chi connectivity index (χ0v) is 11.1. The molecule has 0 fully saturated rings. The maximum atomic E-state index is 11.9. The molecule has 17 heavy (non-hydrogen) atoms. The number of benzene rings is 1. The van der Waals surface area contributed by atoms with Crippen LogP contribution < -0.4 is 0 Å². The number of carbonyl (C=O) groups is 1. The second kappa shape index (κ2) is 7.29. The molecule has 0 aliphatic heterocycles. The monoisotopic (exact) mass is 250 g/mol. The fraction of sp³-hybridized carbons (Fsp3) is 0.400. The van der Waals surface area contributed by atoms with Crippen LogP contribution in [0.5, 0.6) is 0 Å². The van der Waals surface area contributed by atoms with Crippen LogP contribution in [0.3, 0.4) is 0 Å². The smallest absolute Gasteiger partial charge is 0.164 e. The summed E-state index contributed by atoms with van der Waals surface area (Å²) >= 11 is 6.05. The van der Waals surface area contributed by atoms with E-state index in [2.05, 4.69) is 6.58 Å². The minimum absolute atomic E-state index is 0.147. The van der Waals surface area contributed by atoms with Crippen LogP contribution in [0.15, 0.2) is 30.9 Å². The van der Waals surface area contributed by atoms with Crippen LogP contribution in [-0.2, 0) is 0 Å². The highest BCUT2D eigenvalue weighted by Gasteiger charge is 2.09. The molecule has 0 radical (unpaired) electrons. The van der Waals surface area contributed by atoms with Gasteiger partial charge < -0.3 is 0 Å². The van der Waals surface area contributed by atoms with E-state index in [0.717, 1.165) is 31.2 Å². The molecule has 1 rings (SSSR count). The maximum absolute atomic E-state index is 11.9. The Morgan fingerprint density at radius 3 is 2.76 bits per heavy atom. The molecule has 0 heterocycles. The van der Waals surface area contributed by atoms with E-state index in [4.69, 9.17) is 11.6 Å². The molecule has 1 aromatic carbocycles. The van der Waals surface area contributed by atoms with Gasteiger partial charge >= 0.3 is 0 Å². The summed E-state index contributed by atoms with van der Waals surface area (Å²) in [6.45, 7) is 5.64. The summed E-state index contributed by atoms with van der Waals surface area (Å²) in [7, 11) is 0. The predicted molar refractivity (Wildman–Crippen MR) is 73.8 cm³/mol. The first-order valence-corrected chi connectivity index (χ1v) is 6.43. The first kappa shape index (κ1) is 14.0. The fourth-order valence-electron chi connectivity index (χ4n) is 1.73. The van der Waals surface area contributed by atoms with E-state index in [0.29, 0.717) is 17.0 Å². The van der Waals surface area contributed by atoms with Gasteiger partial charge in [0.25, 0.3) is 0 Å². The zero-order chi connectivity index (χ0) is 12.7. The lowest BCUT2D eigenvalue weighted by molar-refractivity contribution is 0.0979. The van der Waals surface area contributed by atoms with Crippen molar-refractivity contribution in [1.82, 2.24) is 0 Å². The summed E-state index contributed by atoms with van der Waals surface area (Å²) in [6, 6.07) is 5.59. The lowest BCUT2D eigenvalue weighted by Crippen LogP contribution is -2.00. The van der Waals surface area contributed by atoms with Crippen molar-refractivity contribution in [2.45, 2.75) is 39.0 Å². The van der Waals surface area contributed by atoms with Crippen LogP contribution in [0.1, 0.15) is 48.0 Å². The minimum Gasteiger partial charge on any atom is -0.294 e. The Morgan fingerprint density at radius 2 is 2.12 bits per heavy atom. The third-order valence-corrected chi connectivity index (χ3v) is 3.05. The summed E-state index contributed by atoms with van der Waals surface area (Å²) in [4.78, 5) is 11.9. The number of unbranched alkanes of at least 4 members (excludes halogenated alkanes) is 3. The van der Waals surface area contributed by atoms with Crippen molar-refractivity contribution in [3.05, 3.63) is 47.0 Å². The standard InChI is InChI=1S/C15H19ClO/c1-3-4-5-6-7-8-15(17)13-10-9-12(2)11-14(13)16/h3,9-11H,1,4-8H2,2H3. The molecule has 0 bridgehead atoms. The van der Waals surface area contributed by atoms with Crippen LogP contribution in [0, 0.1) is 6.92 Å². The van der Waals surface area contributed by atoms with Crippen LogP contribution in [0.2, 0.25) is 5.02 Å². The molecule has 1 nitrogen and oxygen atoms in total. The van der Waals surface area contributed by atoms with Crippen LogP contribution in [0.4, 0.5) is 0 Å². The van der Waals surface area contributed by atoms with Gasteiger partial charge in [-0.3, -0.25) is 4.79 Å². The molecule has 0 aliphatic carbocycles. The average molecular weight is 251 g/mol. The average Bonchev–Trinajstić information content (AvgIpc) is 2.28. The van der Waals surface area contributed by atoms with Gasteiger partial charge in [0.05, 0.1) is 5.02 Å². The molecule has 0 atom stereocenters. The molecule has 0 aliphatic rings. The quantitative estimate of drug-likeness (QED) is 0.379. The van der Waals surface area contributed by atoms with Gasteiger partial charge in [-0.2, -0.15) is 0 Å². The van der Waals surface area contributed by atoms with Crippen molar-refractivity contribution in [3.8, 4) is 0 Å². The lowest BCUT2D eigenvalue weighted by Gasteiger charge is -2.04. The van der Waals surface area contributed by atoms with E-state index in [1.54, 1.807) is 0 Å². The third kappa shape index (κ3) is 4.74. The number of ketones is 1. The SMILES string of the molecule is C=CCCCCCC(=O)c1ccc(C)cc1Cl. The molecular formula is C15H19ClO. The highest BCUT2D eigenvalue weighted by Crippen LogP contribution is 2.20. The Morgan fingerprint density at radius 1 is 1.35 bits per heavy atom. The second-order valence-corrected chi connectivity index (χ2v) is 4.70. The molecule has 2 heteroatoms. The lowest BCUT2D eigenvalue weighted by atomic mass is 10.0. The second-order valence-electron chi connectivity index (χ2n) is 4.29. The Labute approximate surface area is 108 Å². The fourth-order valence-corrected chi connectivity index (χ4v) is 2.07. The number of hydrogen-bond acceptors (Lipinski definition) is 1. The number of Topliss-reactive ketones (excluding diaryl/α,β-unsaturated/α-hetero) is 1. The number of rotatable bonds is 7. The molecule has 92 valence electrons. The van der Waals surface area contributed by atoms with Gasteiger partial charge in [-0.15, -0.1) is 6.58 Å². The molecule has 0 N–H and O–H groups in total. The number of carbonyl (C=O) groups excluding carboxylic acids is 1. The zero-order valence-electron chi connectivity index (χ0n) is 10.3. The van der Waals surface area contributed by atoms with Crippen LogP contribution >= 0.6 is 11.6 Å². The van der Waals surface area contributed by atoms with E-state index in [9.17, 15) is 4.79 Å². The van der Waals surface area contributed by atoms with Gasteiger partial charge in [0.2, 0.25) is 0 Å². The molecule has 1 aromatic rings.